The summed E-state index contributed by atoms with van der Waals surface area (Å²) in [6.45, 7) is 0.214. The molecule has 0 aliphatic heterocycles. The van der Waals surface area contributed by atoms with E-state index in [2.05, 4.69) is 10.3 Å². The Morgan fingerprint density at radius 1 is 1.50 bits per heavy atom. The maximum atomic E-state index is 13.2. The molecule has 1 aliphatic carbocycles. The number of ketones is 1. The van der Waals surface area contributed by atoms with E-state index in [4.69, 9.17) is 0 Å². The van der Waals surface area contributed by atoms with Gasteiger partial charge in [0.25, 0.3) is 0 Å². The zero-order valence-electron chi connectivity index (χ0n) is 9.08. The van der Waals surface area contributed by atoms with Crippen LogP contribution in [-0.4, -0.2) is 23.4 Å². The highest BCUT2D eigenvalue weighted by Crippen LogP contribution is 2.17. The lowest BCUT2D eigenvalue weighted by Gasteiger charge is -2.10. The lowest BCUT2D eigenvalue weighted by Crippen LogP contribution is -2.31. The molecule has 0 bridgehead atoms. The molecule has 2 rings (SSSR count). The number of rotatable bonds is 4. The Bertz CT molecular complexity index is 375. The average Bonchev–Trinajstić information content (AvgIpc) is 2.79. The number of carbonyl (C=O) groups is 1. The molecule has 0 radical (unpaired) electrons. The Labute approximate surface area is 94.1 Å². The zero-order valence-corrected chi connectivity index (χ0v) is 9.08. The van der Waals surface area contributed by atoms with Crippen molar-refractivity contribution < 1.29 is 9.18 Å². The molecule has 16 heavy (non-hydrogen) atoms. The smallest absolute Gasteiger partial charge is 0.179 e. The van der Waals surface area contributed by atoms with Crippen molar-refractivity contribution in [2.75, 3.05) is 6.54 Å². The molecule has 3 nitrogen and oxygen atoms in total. The Hall–Kier alpha value is -1.29. The Balaban J connectivity index is 1.90. The van der Waals surface area contributed by atoms with Gasteiger partial charge < -0.3 is 5.32 Å². The second-order valence-electron chi connectivity index (χ2n) is 4.14. The monoisotopic (exact) mass is 222 g/mol. The van der Waals surface area contributed by atoms with Gasteiger partial charge in [-0.05, 0) is 18.9 Å². The highest BCUT2D eigenvalue weighted by Gasteiger charge is 2.17. The third kappa shape index (κ3) is 2.64. The lowest BCUT2D eigenvalue weighted by molar-refractivity contribution is 0.0983. The minimum atomic E-state index is -0.541. The standard InChI is InChI=1S/C12H15FN2O/c13-11-7-14-6-5-10(11)12(16)8-15-9-3-1-2-4-9/h5-7,9,15H,1-4,8H2. The van der Waals surface area contributed by atoms with E-state index in [9.17, 15) is 9.18 Å². The number of Topliss-reactive ketones (excluding diaryl/α,β-unsaturated/α-hetero) is 1. The molecular formula is C12H15FN2O. The normalized spacial score (nSPS) is 16.6. The molecule has 0 atom stereocenters. The number of carbonyl (C=O) groups excluding carboxylic acids is 1. The van der Waals surface area contributed by atoms with Gasteiger partial charge in [-0.25, -0.2) is 4.39 Å². The van der Waals surface area contributed by atoms with Gasteiger partial charge in [-0.2, -0.15) is 0 Å². The van der Waals surface area contributed by atoms with E-state index in [0.29, 0.717) is 6.04 Å². The molecule has 0 amide bonds. The van der Waals surface area contributed by atoms with Gasteiger partial charge in [0.15, 0.2) is 11.6 Å². The summed E-state index contributed by atoms with van der Waals surface area (Å²) in [5, 5.41) is 3.17. The van der Waals surface area contributed by atoms with E-state index in [0.717, 1.165) is 19.0 Å². The molecule has 1 aromatic heterocycles. The Morgan fingerprint density at radius 3 is 2.94 bits per heavy atom. The summed E-state index contributed by atoms with van der Waals surface area (Å²) >= 11 is 0. The number of aromatic nitrogens is 1. The molecule has 0 aromatic carbocycles. The summed E-state index contributed by atoms with van der Waals surface area (Å²) in [5.41, 5.74) is 0.125. The van der Waals surface area contributed by atoms with E-state index in [1.54, 1.807) is 0 Å². The van der Waals surface area contributed by atoms with Gasteiger partial charge in [-0.3, -0.25) is 9.78 Å². The highest BCUT2D eigenvalue weighted by molar-refractivity contribution is 5.97. The number of nitrogens with zero attached hydrogens (tertiary/aromatic N) is 1. The number of hydrogen-bond acceptors (Lipinski definition) is 3. The van der Waals surface area contributed by atoms with Crippen LogP contribution in [0.5, 0.6) is 0 Å². The van der Waals surface area contributed by atoms with Crippen molar-refractivity contribution in [1.29, 1.82) is 0 Å². The molecule has 4 heteroatoms. The Morgan fingerprint density at radius 2 is 2.25 bits per heavy atom. The van der Waals surface area contributed by atoms with Crippen LogP contribution < -0.4 is 5.32 Å². The van der Waals surface area contributed by atoms with Crippen molar-refractivity contribution in [3.05, 3.63) is 29.8 Å². The van der Waals surface area contributed by atoms with Crippen molar-refractivity contribution in [2.24, 2.45) is 0 Å². The van der Waals surface area contributed by atoms with E-state index < -0.39 is 5.82 Å². The van der Waals surface area contributed by atoms with Crippen molar-refractivity contribution in [3.63, 3.8) is 0 Å². The third-order valence-corrected chi connectivity index (χ3v) is 2.98. The number of pyridine rings is 1. The number of nitrogens with one attached hydrogen (secondary N) is 1. The summed E-state index contributed by atoms with van der Waals surface area (Å²) in [6, 6.07) is 1.85. The maximum absolute atomic E-state index is 13.2. The third-order valence-electron chi connectivity index (χ3n) is 2.98. The summed E-state index contributed by atoms with van der Waals surface area (Å²) in [6.07, 6.45) is 7.18. The van der Waals surface area contributed by atoms with Crippen LogP contribution in [0.1, 0.15) is 36.0 Å². The van der Waals surface area contributed by atoms with Crippen molar-refractivity contribution in [2.45, 2.75) is 31.7 Å². The van der Waals surface area contributed by atoms with Crippen LogP contribution in [0.4, 0.5) is 4.39 Å². The fraction of sp³-hybridized carbons (Fsp3) is 0.500. The van der Waals surface area contributed by atoms with E-state index in [1.807, 2.05) is 0 Å². The van der Waals surface area contributed by atoms with Crippen LogP contribution in [0.15, 0.2) is 18.5 Å². The Kier molecular flexibility index (Phi) is 3.62. The summed E-state index contributed by atoms with van der Waals surface area (Å²) in [4.78, 5) is 15.3. The van der Waals surface area contributed by atoms with Gasteiger partial charge >= 0.3 is 0 Å². The number of hydrogen-bond donors (Lipinski definition) is 1. The predicted molar refractivity (Wildman–Crippen MR) is 58.8 cm³/mol. The van der Waals surface area contributed by atoms with Gasteiger partial charge in [0.1, 0.15) is 0 Å². The van der Waals surface area contributed by atoms with E-state index in [-0.39, 0.29) is 17.9 Å². The molecule has 0 saturated heterocycles. The summed E-state index contributed by atoms with van der Waals surface area (Å²) in [7, 11) is 0. The molecule has 1 saturated carbocycles. The average molecular weight is 222 g/mol. The van der Waals surface area contributed by atoms with Gasteiger partial charge in [0, 0.05) is 12.2 Å². The van der Waals surface area contributed by atoms with E-state index in [1.165, 1.54) is 25.1 Å². The molecule has 0 unspecified atom stereocenters. The minimum absolute atomic E-state index is 0.125. The van der Waals surface area contributed by atoms with Gasteiger partial charge in [-0.15, -0.1) is 0 Å². The maximum Gasteiger partial charge on any atom is 0.179 e. The number of halogens is 1. The quantitative estimate of drug-likeness (QED) is 0.791. The second-order valence-corrected chi connectivity index (χ2v) is 4.14. The molecule has 1 heterocycles. The molecule has 1 N–H and O–H groups in total. The first-order valence-corrected chi connectivity index (χ1v) is 5.63. The summed E-state index contributed by atoms with van der Waals surface area (Å²) in [5.74, 6) is -0.743. The van der Waals surface area contributed by atoms with Crippen molar-refractivity contribution in [1.82, 2.24) is 10.3 Å². The minimum Gasteiger partial charge on any atom is -0.307 e. The van der Waals surface area contributed by atoms with Crippen LogP contribution in [0.2, 0.25) is 0 Å². The van der Waals surface area contributed by atoms with Crippen LogP contribution in [0, 0.1) is 5.82 Å². The molecule has 86 valence electrons. The summed E-state index contributed by atoms with van der Waals surface area (Å²) < 4.78 is 13.2. The lowest BCUT2D eigenvalue weighted by atomic mass is 10.1. The first kappa shape index (κ1) is 11.2. The second kappa shape index (κ2) is 5.16. The van der Waals surface area contributed by atoms with Crippen LogP contribution in [-0.2, 0) is 0 Å². The van der Waals surface area contributed by atoms with E-state index >= 15 is 0 Å². The first-order chi connectivity index (χ1) is 7.77. The van der Waals surface area contributed by atoms with Gasteiger partial charge in [-0.1, -0.05) is 12.8 Å². The van der Waals surface area contributed by atoms with Crippen molar-refractivity contribution in [3.8, 4) is 0 Å². The first-order valence-electron chi connectivity index (χ1n) is 5.63. The SMILES string of the molecule is O=C(CNC1CCCC1)c1ccncc1F. The molecule has 1 fully saturated rings. The van der Waals surface area contributed by atoms with Crippen LogP contribution in [0.25, 0.3) is 0 Å². The van der Waals surface area contributed by atoms with Gasteiger partial charge in [0.05, 0.1) is 18.3 Å². The van der Waals surface area contributed by atoms with Crippen LogP contribution >= 0.6 is 0 Å². The zero-order chi connectivity index (χ0) is 11.4. The molecule has 1 aliphatic rings. The molecule has 0 spiro atoms. The topological polar surface area (TPSA) is 42.0 Å². The van der Waals surface area contributed by atoms with Crippen LogP contribution in [0.3, 0.4) is 0 Å². The highest BCUT2D eigenvalue weighted by atomic mass is 19.1. The van der Waals surface area contributed by atoms with Crippen molar-refractivity contribution >= 4 is 5.78 Å². The fourth-order valence-electron chi connectivity index (χ4n) is 2.06. The molecule has 1 aromatic rings. The molecular weight excluding hydrogens is 207 g/mol. The van der Waals surface area contributed by atoms with Gasteiger partial charge in [0.2, 0.25) is 0 Å². The largest absolute Gasteiger partial charge is 0.307 e. The fourth-order valence-corrected chi connectivity index (χ4v) is 2.06. The predicted octanol–water partition coefficient (Wildman–Crippen LogP) is 1.94.